The van der Waals surface area contributed by atoms with Crippen LogP contribution < -0.4 is 0 Å². The second-order valence-corrected chi connectivity index (χ2v) is 6.63. The molecule has 110 valence electrons. The average Bonchev–Trinajstić information content (AvgIpc) is 3.01. The number of fused-ring (bicyclic) bond motifs is 1. The van der Waals surface area contributed by atoms with Crippen LogP contribution in [0.5, 0.6) is 0 Å². The van der Waals surface area contributed by atoms with Gasteiger partial charge >= 0.3 is 0 Å². The SMILES string of the molecule is CC(C)c1cc(C(=O)N2CCC3CCCCC32)nn1C. The van der Waals surface area contributed by atoms with Crippen LogP contribution in [0.2, 0.25) is 0 Å². The fourth-order valence-electron chi connectivity index (χ4n) is 3.93. The highest BCUT2D eigenvalue weighted by Crippen LogP contribution is 2.36. The van der Waals surface area contributed by atoms with Gasteiger partial charge in [0.1, 0.15) is 0 Å². The summed E-state index contributed by atoms with van der Waals surface area (Å²) in [6, 6.07) is 2.45. The minimum Gasteiger partial charge on any atom is -0.334 e. The van der Waals surface area contributed by atoms with Gasteiger partial charge in [0.25, 0.3) is 5.91 Å². The van der Waals surface area contributed by atoms with Gasteiger partial charge in [-0.3, -0.25) is 9.48 Å². The average molecular weight is 275 g/mol. The lowest BCUT2D eigenvalue weighted by Crippen LogP contribution is -2.39. The molecular weight excluding hydrogens is 250 g/mol. The van der Waals surface area contributed by atoms with E-state index in [1.165, 1.54) is 32.1 Å². The quantitative estimate of drug-likeness (QED) is 0.832. The van der Waals surface area contributed by atoms with Crippen molar-refractivity contribution in [2.45, 2.75) is 57.9 Å². The number of carbonyl (C=O) groups is 1. The number of hydrogen-bond donors (Lipinski definition) is 0. The van der Waals surface area contributed by atoms with Gasteiger partial charge in [0.15, 0.2) is 5.69 Å². The van der Waals surface area contributed by atoms with Crippen LogP contribution in [0.4, 0.5) is 0 Å². The molecule has 0 bridgehead atoms. The van der Waals surface area contributed by atoms with Crippen LogP contribution in [0.25, 0.3) is 0 Å². The van der Waals surface area contributed by atoms with Crippen molar-refractivity contribution in [2.75, 3.05) is 6.54 Å². The Bertz CT molecular complexity index is 506. The minimum atomic E-state index is 0.141. The third-order valence-electron chi connectivity index (χ3n) is 5.00. The second kappa shape index (κ2) is 5.23. The summed E-state index contributed by atoms with van der Waals surface area (Å²) in [4.78, 5) is 14.8. The molecule has 1 saturated carbocycles. The molecule has 4 heteroatoms. The minimum absolute atomic E-state index is 0.141. The summed E-state index contributed by atoms with van der Waals surface area (Å²) < 4.78 is 1.85. The summed E-state index contributed by atoms with van der Waals surface area (Å²) in [5.74, 6) is 1.28. The molecule has 1 aromatic rings. The Labute approximate surface area is 121 Å². The molecule has 1 aromatic heterocycles. The molecule has 0 N–H and O–H groups in total. The number of nitrogens with zero attached hydrogens (tertiary/aromatic N) is 3. The van der Waals surface area contributed by atoms with Crippen molar-refractivity contribution in [1.82, 2.24) is 14.7 Å². The number of rotatable bonds is 2. The normalized spacial score (nSPS) is 26.1. The van der Waals surface area contributed by atoms with Gasteiger partial charge in [0, 0.05) is 25.3 Å². The lowest BCUT2D eigenvalue weighted by Gasteiger charge is -2.31. The van der Waals surface area contributed by atoms with E-state index < -0.39 is 0 Å². The Morgan fingerprint density at radius 3 is 2.75 bits per heavy atom. The standard InChI is InChI=1S/C16H25N3O/c1-11(2)15-10-13(17-18(15)3)16(20)19-9-8-12-6-4-5-7-14(12)19/h10-12,14H,4-9H2,1-3H3. The Morgan fingerprint density at radius 1 is 1.30 bits per heavy atom. The van der Waals surface area contributed by atoms with Crippen molar-refractivity contribution in [3.8, 4) is 0 Å². The predicted molar refractivity (Wildman–Crippen MR) is 78.7 cm³/mol. The maximum atomic E-state index is 12.7. The van der Waals surface area contributed by atoms with Crippen LogP contribution >= 0.6 is 0 Å². The summed E-state index contributed by atoms with van der Waals surface area (Å²) in [6.45, 7) is 5.19. The van der Waals surface area contributed by atoms with Gasteiger partial charge < -0.3 is 4.90 Å². The van der Waals surface area contributed by atoms with Gasteiger partial charge in [0.2, 0.25) is 0 Å². The molecule has 2 fully saturated rings. The van der Waals surface area contributed by atoms with Gasteiger partial charge in [-0.25, -0.2) is 0 Å². The predicted octanol–water partition coefficient (Wildman–Crippen LogP) is 2.95. The van der Waals surface area contributed by atoms with Crippen molar-refractivity contribution in [1.29, 1.82) is 0 Å². The van der Waals surface area contributed by atoms with E-state index in [9.17, 15) is 4.79 Å². The first kappa shape index (κ1) is 13.7. The first-order valence-corrected chi connectivity index (χ1v) is 7.93. The zero-order valence-electron chi connectivity index (χ0n) is 12.8. The van der Waals surface area contributed by atoms with E-state index in [4.69, 9.17) is 0 Å². The Kier molecular flexibility index (Phi) is 3.57. The summed E-state index contributed by atoms with van der Waals surface area (Å²) in [5, 5.41) is 4.44. The molecule has 3 rings (SSSR count). The fourth-order valence-corrected chi connectivity index (χ4v) is 3.93. The molecule has 2 aliphatic rings. The van der Waals surface area contributed by atoms with E-state index in [0.29, 0.717) is 17.7 Å². The van der Waals surface area contributed by atoms with Crippen LogP contribution in [0, 0.1) is 5.92 Å². The van der Waals surface area contributed by atoms with E-state index in [1.54, 1.807) is 0 Å². The largest absolute Gasteiger partial charge is 0.334 e. The summed E-state index contributed by atoms with van der Waals surface area (Å²) >= 11 is 0. The molecule has 2 heterocycles. The number of aryl methyl sites for hydroxylation is 1. The molecule has 0 spiro atoms. The Morgan fingerprint density at radius 2 is 2.05 bits per heavy atom. The topological polar surface area (TPSA) is 38.1 Å². The lowest BCUT2D eigenvalue weighted by molar-refractivity contribution is 0.0683. The van der Waals surface area contributed by atoms with E-state index in [2.05, 4.69) is 23.8 Å². The Hall–Kier alpha value is -1.32. The Balaban J connectivity index is 1.80. The number of carbonyl (C=O) groups excluding carboxylic acids is 1. The zero-order chi connectivity index (χ0) is 14.3. The summed E-state index contributed by atoms with van der Waals surface area (Å²) in [7, 11) is 1.93. The molecule has 0 radical (unpaired) electrons. The maximum absolute atomic E-state index is 12.7. The van der Waals surface area contributed by atoms with E-state index >= 15 is 0 Å². The molecule has 2 atom stereocenters. The highest BCUT2D eigenvalue weighted by Gasteiger charge is 2.39. The smallest absolute Gasteiger partial charge is 0.274 e. The van der Waals surface area contributed by atoms with Crippen LogP contribution in [0.1, 0.15) is 68.1 Å². The second-order valence-electron chi connectivity index (χ2n) is 6.63. The summed E-state index contributed by atoms with van der Waals surface area (Å²) in [5.41, 5.74) is 1.76. The van der Waals surface area contributed by atoms with Gasteiger partial charge in [0.05, 0.1) is 0 Å². The summed E-state index contributed by atoms with van der Waals surface area (Å²) in [6.07, 6.45) is 6.27. The van der Waals surface area contributed by atoms with E-state index in [-0.39, 0.29) is 5.91 Å². The van der Waals surface area contributed by atoms with Crippen molar-refractivity contribution >= 4 is 5.91 Å². The highest BCUT2D eigenvalue weighted by molar-refractivity contribution is 5.93. The first-order valence-electron chi connectivity index (χ1n) is 7.93. The number of aromatic nitrogens is 2. The van der Waals surface area contributed by atoms with Crippen molar-refractivity contribution in [3.63, 3.8) is 0 Å². The van der Waals surface area contributed by atoms with Crippen molar-refractivity contribution < 1.29 is 4.79 Å². The molecule has 0 aromatic carbocycles. The maximum Gasteiger partial charge on any atom is 0.274 e. The lowest BCUT2D eigenvalue weighted by atomic mass is 9.85. The van der Waals surface area contributed by atoms with Crippen LogP contribution in [0.15, 0.2) is 6.07 Å². The molecule has 2 unspecified atom stereocenters. The zero-order valence-corrected chi connectivity index (χ0v) is 12.8. The first-order chi connectivity index (χ1) is 9.58. The molecule has 1 amide bonds. The van der Waals surface area contributed by atoms with Crippen LogP contribution in [0.3, 0.4) is 0 Å². The van der Waals surface area contributed by atoms with Crippen LogP contribution in [-0.2, 0) is 7.05 Å². The van der Waals surface area contributed by atoms with Crippen LogP contribution in [-0.4, -0.2) is 33.2 Å². The third kappa shape index (κ3) is 2.25. The molecule has 1 saturated heterocycles. The van der Waals surface area contributed by atoms with Gasteiger partial charge in [-0.05, 0) is 37.2 Å². The van der Waals surface area contributed by atoms with Gasteiger partial charge in [-0.2, -0.15) is 5.10 Å². The monoisotopic (exact) mass is 275 g/mol. The van der Waals surface area contributed by atoms with E-state index in [1.807, 2.05) is 17.8 Å². The van der Waals surface area contributed by atoms with Crippen molar-refractivity contribution in [3.05, 3.63) is 17.5 Å². The molecule has 1 aliphatic carbocycles. The van der Waals surface area contributed by atoms with Gasteiger partial charge in [-0.1, -0.05) is 26.7 Å². The number of amides is 1. The molecule has 4 nitrogen and oxygen atoms in total. The number of hydrogen-bond acceptors (Lipinski definition) is 2. The molecule has 1 aliphatic heterocycles. The number of likely N-dealkylation sites (tertiary alicyclic amines) is 1. The fraction of sp³-hybridized carbons (Fsp3) is 0.750. The highest BCUT2D eigenvalue weighted by atomic mass is 16.2. The van der Waals surface area contributed by atoms with E-state index in [0.717, 1.165) is 18.2 Å². The molecule has 20 heavy (non-hydrogen) atoms. The molecular formula is C16H25N3O. The van der Waals surface area contributed by atoms with Gasteiger partial charge in [-0.15, -0.1) is 0 Å². The van der Waals surface area contributed by atoms with Crippen molar-refractivity contribution in [2.24, 2.45) is 13.0 Å². The third-order valence-corrected chi connectivity index (χ3v) is 5.00.